The Hall–Kier alpha value is -2.58. The number of piperidine rings is 1. The Labute approximate surface area is 180 Å². The number of carboxylic acids is 1. The van der Waals surface area contributed by atoms with Gasteiger partial charge >= 0.3 is 5.97 Å². The van der Waals surface area contributed by atoms with Crippen LogP contribution in [-0.4, -0.2) is 54.0 Å². The summed E-state index contributed by atoms with van der Waals surface area (Å²) < 4.78 is 5.72. The SMILES string of the molecule is CN(c1nc(Nc2ccc(N3CCC(C(=O)O)CC3)cc2)ncc1Cl)C1CCCO1. The molecule has 30 heavy (non-hydrogen) atoms. The first-order chi connectivity index (χ1) is 14.5. The fourth-order valence-corrected chi connectivity index (χ4v) is 4.16. The van der Waals surface area contributed by atoms with E-state index in [0.29, 0.717) is 29.6 Å². The van der Waals surface area contributed by atoms with Crippen LogP contribution in [0.15, 0.2) is 30.5 Å². The fourth-order valence-electron chi connectivity index (χ4n) is 3.94. The zero-order chi connectivity index (χ0) is 21.1. The quantitative estimate of drug-likeness (QED) is 0.714. The van der Waals surface area contributed by atoms with Crippen LogP contribution >= 0.6 is 11.6 Å². The van der Waals surface area contributed by atoms with E-state index in [0.717, 1.165) is 43.9 Å². The Bertz CT molecular complexity index is 881. The van der Waals surface area contributed by atoms with Crippen molar-refractivity contribution >= 4 is 40.7 Å². The highest BCUT2D eigenvalue weighted by molar-refractivity contribution is 6.32. The number of hydrogen-bond acceptors (Lipinski definition) is 7. The molecule has 3 heterocycles. The number of carbonyl (C=O) groups is 1. The smallest absolute Gasteiger partial charge is 0.306 e. The van der Waals surface area contributed by atoms with Gasteiger partial charge in [-0.2, -0.15) is 4.98 Å². The van der Waals surface area contributed by atoms with Crippen molar-refractivity contribution in [2.75, 3.05) is 41.9 Å². The molecule has 2 aliphatic rings. The zero-order valence-corrected chi connectivity index (χ0v) is 17.7. The number of ether oxygens (including phenoxy) is 1. The van der Waals surface area contributed by atoms with Gasteiger partial charge in [-0.05, 0) is 49.9 Å². The highest BCUT2D eigenvalue weighted by Gasteiger charge is 2.25. The summed E-state index contributed by atoms with van der Waals surface area (Å²) in [5.41, 5.74) is 1.95. The molecule has 2 N–H and O–H groups in total. The van der Waals surface area contributed by atoms with Crippen LogP contribution < -0.4 is 15.1 Å². The molecule has 0 saturated carbocycles. The molecule has 0 bridgehead atoms. The number of carboxylic acid groups (broad SMARTS) is 1. The minimum absolute atomic E-state index is 0.0187. The highest BCUT2D eigenvalue weighted by atomic mass is 35.5. The lowest BCUT2D eigenvalue weighted by molar-refractivity contribution is -0.142. The predicted molar refractivity (Wildman–Crippen MR) is 117 cm³/mol. The predicted octanol–water partition coefficient (Wildman–Crippen LogP) is 3.75. The van der Waals surface area contributed by atoms with E-state index < -0.39 is 5.97 Å². The van der Waals surface area contributed by atoms with E-state index in [1.807, 2.05) is 36.2 Å². The number of hydrogen-bond donors (Lipinski definition) is 2. The molecule has 0 radical (unpaired) electrons. The molecule has 160 valence electrons. The van der Waals surface area contributed by atoms with Crippen LogP contribution in [0.5, 0.6) is 0 Å². The van der Waals surface area contributed by atoms with E-state index in [1.54, 1.807) is 6.20 Å². The minimum Gasteiger partial charge on any atom is -0.481 e. The average Bonchev–Trinajstić information content (AvgIpc) is 3.30. The molecule has 8 nitrogen and oxygen atoms in total. The first-order valence-corrected chi connectivity index (χ1v) is 10.6. The molecule has 1 unspecified atom stereocenters. The second-order valence-corrected chi connectivity index (χ2v) is 8.12. The number of aliphatic carboxylic acids is 1. The monoisotopic (exact) mass is 431 g/mol. The van der Waals surface area contributed by atoms with Crippen molar-refractivity contribution in [3.63, 3.8) is 0 Å². The van der Waals surface area contributed by atoms with Crippen molar-refractivity contribution in [2.45, 2.75) is 31.9 Å². The summed E-state index contributed by atoms with van der Waals surface area (Å²) >= 11 is 6.32. The van der Waals surface area contributed by atoms with Gasteiger partial charge < -0.3 is 25.0 Å². The molecule has 0 aliphatic carbocycles. The van der Waals surface area contributed by atoms with Gasteiger partial charge in [0, 0.05) is 38.1 Å². The lowest BCUT2D eigenvalue weighted by Gasteiger charge is -2.32. The average molecular weight is 432 g/mol. The highest BCUT2D eigenvalue weighted by Crippen LogP contribution is 2.29. The maximum Gasteiger partial charge on any atom is 0.306 e. The Morgan fingerprint density at radius 1 is 1.27 bits per heavy atom. The summed E-state index contributed by atoms with van der Waals surface area (Å²) in [6, 6.07) is 8.00. The molecule has 2 aromatic rings. The van der Waals surface area contributed by atoms with Gasteiger partial charge in [0.1, 0.15) is 11.3 Å². The Morgan fingerprint density at radius 3 is 2.63 bits per heavy atom. The Balaban J connectivity index is 1.41. The van der Waals surface area contributed by atoms with Gasteiger partial charge in [-0.3, -0.25) is 4.79 Å². The van der Waals surface area contributed by atoms with E-state index in [-0.39, 0.29) is 12.1 Å². The normalized spacial score (nSPS) is 19.7. The van der Waals surface area contributed by atoms with Crippen LogP contribution in [0.3, 0.4) is 0 Å². The topological polar surface area (TPSA) is 90.8 Å². The van der Waals surface area contributed by atoms with Crippen LogP contribution in [-0.2, 0) is 9.53 Å². The number of benzene rings is 1. The van der Waals surface area contributed by atoms with Gasteiger partial charge in [-0.25, -0.2) is 4.98 Å². The molecule has 2 aliphatic heterocycles. The zero-order valence-electron chi connectivity index (χ0n) is 16.9. The molecule has 1 atom stereocenters. The van der Waals surface area contributed by atoms with Crippen molar-refractivity contribution in [3.05, 3.63) is 35.5 Å². The number of nitrogens with zero attached hydrogens (tertiary/aromatic N) is 4. The Kier molecular flexibility index (Phi) is 6.24. The molecular weight excluding hydrogens is 406 g/mol. The molecule has 1 aromatic heterocycles. The molecule has 0 spiro atoms. The van der Waals surface area contributed by atoms with Crippen LogP contribution in [0, 0.1) is 5.92 Å². The molecule has 2 fully saturated rings. The van der Waals surface area contributed by atoms with Crippen molar-refractivity contribution in [1.82, 2.24) is 9.97 Å². The summed E-state index contributed by atoms with van der Waals surface area (Å²) in [7, 11) is 1.93. The largest absolute Gasteiger partial charge is 0.481 e. The molecular formula is C21H26ClN5O3. The second kappa shape index (κ2) is 9.06. The Morgan fingerprint density at radius 2 is 2.00 bits per heavy atom. The number of aromatic nitrogens is 2. The van der Waals surface area contributed by atoms with Gasteiger partial charge in [-0.15, -0.1) is 0 Å². The number of halogens is 1. The fraction of sp³-hybridized carbons (Fsp3) is 0.476. The van der Waals surface area contributed by atoms with E-state index in [2.05, 4.69) is 20.2 Å². The van der Waals surface area contributed by atoms with E-state index in [1.165, 1.54) is 0 Å². The van der Waals surface area contributed by atoms with Crippen molar-refractivity contribution in [1.29, 1.82) is 0 Å². The number of nitrogens with one attached hydrogen (secondary N) is 1. The molecule has 4 rings (SSSR count). The van der Waals surface area contributed by atoms with Crippen LogP contribution in [0.25, 0.3) is 0 Å². The number of rotatable bonds is 6. The van der Waals surface area contributed by atoms with Gasteiger partial charge in [0.2, 0.25) is 5.95 Å². The first kappa shape index (κ1) is 20.7. The van der Waals surface area contributed by atoms with Gasteiger partial charge in [0.05, 0.1) is 12.1 Å². The molecule has 0 amide bonds. The summed E-state index contributed by atoms with van der Waals surface area (Å²) in [6.45, 7) is 2.26. The van der Waals surface area contributed by atoms with Crippen molar-refractivity contribution in [3.8, 4) is 0 Å². The second-order valence-electron chi connectivity index (χ2n) is 7.72. The summed E-state index contributed by atoms with van der Waals surface area (Å²) in [4.78, 5) is 24.2. The van der Waals surface area contributed by atoms with Crippen molar-refractivity contribution < 1.29 is 14.6 Å². The van der Waals surface area contributed by atoms with Crippen molar-refractivity contribution in [2.24, 2.45) is 5.92 Å². The number of anilines is 4. The summed E-state index contributed by atoms with van der Waals surface area (Å²) in [5.74, 6) is 0.182. The summed E-state index contributed by atoms with van der Waals surface area (Å²) in [5, 5.41) is 12.9. The lowest BCUT2D eigenvalue weighted by atomic mass is 9.97. The maximum atomic E-state index is 11.1. The lowest BCUT2D eigenvalue weighted by Crippen LogP contribution is -2.36. The molecule has 1 aromatic carbocycles. The third kappa shape index (κ3) is 4.60. The van der Waals surface area contributed by atoms with Gasteiger partial charge in [0.25, 0.3) is 0 Å². The molecule has 9 heteroatoms. The third-order valence-corrected chi connectivity index (χ3v) is 6.00. The standard InChI is InChI=1S/C21H26ClN5O3/c1-26(18-3-2-12-30-18)19-17(22)13-23-21(25-19)24-15-4-6-16(7-5-15)27-10-8-14(9-11-27)20(28)29/h4-7,13-14,18H,2-3,8-12H2,1H3,(H,28,29)(H,23,24,25). The maximum absolute atomic E-state index is 11.1. The van der Waals surface area contributed by atoms with Crippen LogP contribution in [0.4, 0.5) is 23.1 Å². The van der Waals surface area contributed by atoms with E-state index >= 15 is 0 Å². The summed E-state index contributed by atoms with van der Waals surface area (Å²) in [6.07, 6.45) is 4.91. The third-order valence-electron chi connectivity index (χ3n) is 5.73. The van der Waals surface area contributed by atoms with Crippen LogP contribution in [0.2, 0.25) is 5.02 Å². The molecule has 2 saturated heterocycles. The first-order valence-electron chi connectivity index (χ1n) is 10.2. The van der Waals surface area contributed by atoms with E-state index in [9.17, 15) is 4.79 Å². The van der Waals surface area contributed by atoms with Crippen LogP contribution in [0.1, 0.15) is 25.7 Å². The van der Waals surface area contributed by atoms with Gasteiger partial charge in [0.15, 0.2) is 5.82 Å². The van der Waals surface area contributed by atoms with E-state index in [4.69, 9.17) is 21.4 Å². The van der Waals surface area contributed by atoms with Gasteiger partial charge in [-0.1, -0.05) is 11.6 Å². The minimum atomic E-state index is -0.693.